The number of carbonyl (C=O) groups is 2. The van der Waals surface area contributed by atoms with Crippen LogP contribution in [-0.4, -0.2) is 45.0 Å². The minimum absolute atomic E-state index is 0.0467. The summed E-state index contributed by atoms with van der Waals surface area (Å²) < 4.78 is 0. The van der Waals surface area contributed by atoms with Crippen molar-refractivity contribution in [3.63, 3.8) is 0 Å². The molecule has 1 aliphatic heterocycles. The third-order valence-electron chi connectivity index (χ3n) is 5.00. The van der Waals surface area contributed by atoms with Gasteiger partial charge in [0.2, 0.25) is 5.91 Å². The number of nitrogens with zero attached hydrogens (tertiary/aromatic N) is 1. The number of nitrogens with one attached hydrogen (secondary N) is 3. The third kappa shape index (κ3) is 5.33. The van der Waals surface area contributed by atoms with Crippen LogP contribution in [0.4, 0.5) is 5.69 Å². The first-order chi connectivity index (χ1) is 13.7. The summed E-state index contributed by atoms with van der Waals surface area (Å²) in [5.41, 5.74) is 4.05. The fraction of sp³-hybridized carbons (Fsp3) is 0.364. The topological polar surface area (TPSA) is 73.5 Å². The molecular formula is C22H28N4O2. The second-order valence-corrected chi connectivity index (χ2v) is 6.92. The fourth-order valence-corrected chi connectivity index (χ4v) is 3.38. The van der Waals surface area contributed by atoms with E-state index in [0.717, 1.165) is 37.4 Å². The number of anilines is 1. The van der Waals surface area contributed by atoms with E-state index in [1.165, 1.54) is 5.56 Å². The van der Waals surface area contributed by atoms with Crippen molar-refractivity contribution in [3.05, 3.63) is 65.2 Å². The van der Waals surface area contributed by atoms with Crippen LogP contribution >= 0.6 is 0 Å². The molecule has 2 aromatic carbocycles. The largest absolute Gasteiger partial charge is 0.369 e. The van der Waals surface area contributed by atoms with Gasteiger partial charge in [-0.2, -0.15) is 0 Å². The van der Waals surface area contributed by atoms with Crippen molar-refractivity contribution in [1.82, 2.24) is 16.0 Å². The summed E-state index contributed by atoms with van der Waals surface area (Å²) in [4.78, 5) is 26.3. The van der Waals surface area contributed by atoms with E-state index in [0.29, 0.717) is 24.9 Å². The van der Waals surface area contributed by atoms with Crippen LogP contribution in [0.1, 0.15) is 27.9 Å². The Morgan fingerprint density at radius 1 is 1.07 bits per heavy atom. The Morgan fingerprint density at radius 3 is 2.54 bits per heavy atom. The molecule has 0 atom stereocenters. The van der Waals surface area contributed by atoms with Crippen LogP contribution in [0.2, 0.25) is 0 Å². The van der Waals surface area contributed by atoms with Gasteiger partial charge in [0.05, 0.1) is 0 Å². The zero-order valence-electron chi connectivity index (χ0n) is 16.3. The first-order valence-corrected chi connectivity index (χ1v) is 9.78. The molecule has 0 spiro atoms. The zero-order valence-corrected chi connectivity index (χ0v) is 16.3. The number of hydrogen-bond donors (Lipinski definition) is 3. The number of carbonyl (C=O) groups excluding carboxylic acids is 2. The highest BCUT2D eigenvalue weighted by molar-refractivity contribution is 5.94. The molecule has 1 heterocycles. The van der Waals surface area contributed by atoms with E-state index >= 15 is 0 Å². The average Bonchev–Trinajstić information content (AvgIpc) is 2.77. The van der Waals surface area contributed by atoms with Crippen LogP contribution in [0.25, 0.3) is 0 Å². The molecule has 1 fully saturated rings. The Labute approximate surface area is 166 Å². The Morgan fingerprint density at radius 2 is 1.82 bits per heavy atom. The summed E-state index contributed by atoms with van der Waals surface area (Å²) in [6, 6.07) is 15.5. The Kier molecular flexibility index (Phi) is 7.03. The summed E-state index contributed by atoms with van der Waals surface area (Å²) in [5, 5.41) is 9.05. The minimum atomic E-state index is -0.0759. The van der Waals surface area contributed by atoms with Crippen molar-refractivity contribution in [2.45, 2.75) is 19.4 Å². The Balaban J connectivity index is 1.72. The summed E-state index contributed by atoms with van der Waals surface area (Å²) >= 11 is 0. The molecule has 6 nitrogen and oxygen atoms in total. The summed E-state index contributed by atoms with van der Waals surface area (Å²) in [5.74, 6) is -0.0292. The lowest BCUT2D eigenvalue weighted by molar-refractivity contribution is -0.120. The molecule has 0 radical (unpaired) electrons. The van der Waals surface area contributed by atoms with Gasteiger partial charge in [0, 0.05) is 57.4 Å². The molecule has 6 heteroatoms. The molecule has 3 N–H and O–H groups in total. The minimum Gasteiger partial charge on any atom is -0.369 e. The van der Waals surface area contributed by atoms with E-state index in [4.69, 9.17) is 0 Å². The number of aryl methyl sites for hydroxylation is 1. The van der Waals surface area contributed by atoms with Gasteiger partial charge in [-0.1, -0.05) is 30.3 Å². The van der Waals surface area contributed by atoms with Crippen LogP contribution < -0.4 is 20.9 Å². The quantitative estimate of drug-likeness (QED) is 0.684. The summed E-state index contributed by atoms with van der Waals surface area (Å²) in [6.45, 7) is 4.25. The van der Waals surface area contributed by atoms with Crippen molar-refractivity contribution < 1.29 is 9.59 Å². The molecule has 3 rings (SSSR count). The maximum Gasteiger partial charge on any atom is 0.251 e. The van der Waals surface area contributed by atoms with Gasteiger partial charge >= 0.3 is 0 Å². The maximum atomic E-state index is 12.3. The molecule has 28 heavy (non-hydrogen) atoms. The normalized spacial score (nSPS) is 13.8. The number of piperazine rings is 1. The molecular weight excluding hydrogens is 352 g/mol. The van der Waals surface area contributed by atoms with Gasteiger partial charge in [0.15, 0.2) is 0 Å². The van der Waals surface area contributed by atoms with E-state index in [2.05, 4.69) is 33.0 Å². The molecule has 2 aromatic rings. The molecule has 0 aliphatic carbocycles. The molecule has 0 bridgehead atoms. The number of amides is 2. The summed E-state index contributed by atoms with van der Waals surface area (Å²) in [6.07, 6.45) is 1.18. The van der Waals surface area contributed by atoms with Gasteiger partial charge in [0.1, 0.15) is 0 Å². The molecule has 0 aromatic heterocycles. The highest BCUT2D eigenvalue weighted by Gasteiger charge is 2.16. The van der Waals surface area contributed by atoms with E-state index in [-0.39, 0.29) is 11.8 Å². The lowest BCUT2D eigenvalue weighted by Gasteiger charge is -2.31. The highest BCUT2D eigenvalue weighted by Crippen LogP contribution is 2.24. The highest BCUT2D eigenvalue weighted by atomic mass is 16.2. The third-order valence-corrected chi connectivity index (χ3v) is 5.00. The van der Waals surface area contributed by atoms with Crippen molar-refractivity contribution in [2.75, 3.05) is 38.1 Å². The number of benzene rings is 2. The Hall–Kier alpha value is -2.86. The van der Waals surface area contributed by atoms with Crippen LogP contribution in [-0.2, 0) is 17.8 Å². The van der Waals surface area contributed by atoms with Gasteiger partial charge in [-0.05, 0) is 35.7 Å². The second-order valence-electron chi connectivity index (χ2n) is 6.92. The van der Waals surface area contributed by atoms with E-state index in [9.17, 15) is 9.59 Å². The standard InChI is InChI=1S/C22H28N4O2/c1-23-21(27)10-9-18-8-7-17(15-20(18)26-13-11-24-12-14-26)16-25-22(28)19-5-3-2-4-6-19/h2-8,15,24H,9-14,16H2,1H3,(H,23,27)(H,25,28). The summed E-state index contributed by atoms with van der Waals surface area (Å²) in [7, 11) is 1.66. The van der Waals surface area contributed by atoms with Crippen molar-refractivity contribution in [2.24, 2.45) is 0 Å². The predicted octanol–water partition coefficient (Wildman–Crippen LogP) is 1.70. The van der Waals surface area contributed by atoms with E-state index < -0.39 is 0 Å². The van der Waals surface area contributed by atoms with Crippen LogP contribution in [0.5, 0.6) is 0 Å². The first kappa shape index (κ1) is 19.9. The SMILES string of the molecule is CNC(=O)CCc1ccc(CNC(=O)c2ccccc2)cc1N1CCNCC1. The lowest BCUT2D eigenvalue weighted by Crippen LogP contribution is -2.44. The van der Waals surface area contributed by atoms with Crippen LogP contribution in [0.3, 0.4) is 0 Å². The molecule has 1 aliphatic rings. The van der Waals surface area contributed by atoms with Gasteiger partial charge in [0.25, 0.3) is 5.91 Å². The van der Waals surface area contributed by atoms with Crippen LogP contribution in [0.15, 0.2) is 48.5 Å². The van der Waals surface area contributed by atoms with Gasteiger partial charge in [-0.15, -0.1) is 0 Å². The van der Waals surface area contributed by atoms with Gasteiger partial charge in [-0.25, -0.2) is 0 Å². The van der Waals surface area contributed by atoms with E-state index in [1.807, 2.05) is 36.4 Å². The predicted molar refractivity (Wildman–Crippen MR) is 112 cm³/mol. The smallest absolute Gasteiger partial charge is 0.251 e. The molecule has 0 unspecified atom stereocenters. The Bertz CT molecular complexity index is 801. The van der Waals surface area contributed by atoms with Crippen molar-refractivity contribution >= 4 is 17.5 Å². The van der Waals surface area contributed by atoms with Crippen molar-refractivity contribution in [3.8, 4) is 0 Å². The first-order valence-electron chi connectivity index (χ1n) is 9.78. The molecule has 2 amide bonds. The number of rotatable bonds is 7. The zero-order chi connectivity index (χ0) is 19.8. The average molecular weight is 380 g/mol. The van der Waals surface area contributed by atoms with Crippen LogP contribution in [0, 0.1) is 0 Å². The van der Waals surface area contributed by atoms with Gasteiger partial charge < -0.3 is 20.9 Å². The number of hydrogen-bond acceptors (Lipinski definition) is 4. The second kappa shape index (κ2) is 9.90. The van der Waals surface area contributed by atoms with Crippen molar-refractivity contribution in [1.29, 1.82) is 0 Å². The maximum absolute atomic E-state index is 12.3. The molecule has 0 saturated carbocycles. The van der Waals surface area contributed by atoms with E-state index in [1.54, 1.807) is 7.05 Å². The fourth-order valence-electron chi connectivity index (χ4n) is 3.38. The van der Waals surface area contributed by atoms with Gasteiger partial charge in [-0.3, -0.25) is 9.59 Å². The molecule has 148 valence electrons. The monoisotopic (exact) mass is 380 g/mol. The molecule has 1 saturated heterocycles. The lowest BCUT2D eigenvalue weighted by atomic mass is 10.0.